The van der Waals surface area contributed by atoms with Crippen LogP contribution in [0.25, 0.3) is 11.5 Å². The first-order valence-electron chi connectivity index (χ1n) is 11.8. The lowest BCUT2D eigenvalue weighted by Gasteiger charge is -2.36. The number of piperazine rings is 1. The van der Waals surface area contributed by atoms with Gasteiger partial charge in [0.2, 0.25) is 11.8 Å². The van der Waals surface area contributed by atoms with E-state index in [1.165, 1.54) is 36.0 Å². The molecule has 1 saturated heterocycles. The maximum Gasteiger partial charge on any atom is 0.277 e. The van der Waals surface area contributed by atoms with E-state index in [-0.39, 0.29) is 23.4 Å². The molecule has 1 aliphatic rings. The van der Waals surface area contributed by atoms with E-state index in [1.807, 2.05) is 54.6 Å². The minimum atomic E-state index is -0.357. The Hall–Kier alpha value is -4.18. The second-order valence-electron chi connectivity index (χ2n) is 8.41. The van der Waals surface area contributed by atoms with Crippen LogP contribution in [-0.4, -0.2) is 58.8 Å². The second kappa shape index (κ2) is 11.3. The van der Waals surface area contributed by atoms with E-state index in [1.54, 1.807) is 4.90 Å². The topological polar surface area (TPSA) is 91.6 Å². The van der Waals surface area contributed by atoms with Crippen LogP contribution >= 0.6 is 11.8 Å². The van der Waals surface area contributed by atoms with E-state index in [0.29, 0.717) is 48.5 Å². The molecule has 0 radical (unpaired) electrons. The molecule has 1 fully saturated rings. The van der Waals surface area contributed by atoms with Crippen molar-refractivity contribution in [1.29, 1.82) is 0 Å². The lowest BCUT2D eigenvalue weighted by Crippen LogP contribution is -2.48. The molecule has 4 aromatic rings. The number of halogens is 1. The third-order valence-corrected chi connectivity index (χ3v) is 6.75. The van der Waals surface area contributed by atoms with Crippen LogP contribution in [-0.2, 0) is 4.79 Å². The third-order valence-electron chi connectivity index (χ3n) is 5.93. The Morgan fingerprint density at radius 1 is 0.892 bits per heavy atom. The van der Waals surface area contributed by atoms with Crippen molar-refractivity contribution in [2.75, 3.05) is 42.1 Å². The van der Waals surface area contributed by atoms with Crippen molar-refractivity contribution in [2.24, 2.45) is 0 Å². The Balaban J connectivity index is 1.08. The number of amides is 2. The van der Waals surface area contributed by atoms with Crippen molar-refractivity contribution in [3.63, 3.8) is 0 Å². The second-order valence-corrected chi connectivity index (χ2v) is 9.34. The van der Waals surface area contributed by atoms with Gasteiger partial charge in [0.05, 0.1) is 5.75 Å². The van der Waals surface area contributed by atoms with Crippen molar-refractivity contribution >= 4 is 35.0 Å². The van der Waals surface area contributed by atoms with E-state index in [2.05, 4.69) is 20.4 Å². The van der Waals surface area contributed by atoms with E-state index < -0.39 is 0 Å². The summed E-state index contributed by atoms with van der Waals surface area (Å²) in [4.78, 5) is 29.0. The number of rotatable bonds is 7. The number of hydrogen-bond donors (Lipinski definition) is 1. The lowest BCUT2D eigenvalue weighted by atomic mass is 10.1. The molecule has 3 aromatic carbocycles. The molecule has 2 heterocycles. The molecule has 1 N–H and O–H groups in total. The summed E-state index contributed by atoms with van der Waals surface area (Å²) in [5.74, 6) is -0.0660. The molecular weight excluding hydrogens is 493 g/mol. The SMILES string of the molecule is O=C(CSc1nnc(-c2ccccc2)o1)Nc1ccc(N2CCN(C(=O)c3ccc(F)cc3)CC2)cc1. The predicted molar refractivity (Wildman–Crippen MR) is 140 cm³/mol. The maximum atomic E-state index is 13.1. The summed E-state index contributed by atoms with van der Waals surface area (Å²) in [5, 5.41) is 11.2. The Bertz CT molecular complexity index is 1360. The maximum absolute atomic E-state index is 13.1. The molecule has 10 heteroatoms. The average molecular weight is 518 g/mol. The lowest BCUT2D eigenvalue weighted by molar-refractivity contribution is -0.113. The van der Waals surface area contributed by atoms with Crippen molar-refractivity contribution < 1.29 is 18.4 Å². The monoisotopic (exact) mass is 517 g/mol. The average Bonchev–Trinajstić information content (AvgIpc) is 3.42. The number of thioether (sulfide) groups is 1. The summed E-state index contributed by atoms with van der Waals surface area (Å²) in [5.41, 5.74) is 3.02. The van der Waals surface area contributed by atoms with Crippen LogP contribution in [0, 0.1) is 5.82 Å². The van der Waals surface area contributed by atoms with Crippen molar-refractivity contribution in [2.45, 2.75) is 5.22 Å². The fraction of sp³-hybridized carbons (Fsp3) is 0.185. The van der Waals surface area contributed by atoms with Gasteiger partial charge in [-0.2, -0.15) is 0 Å². The van der Waals surface area contributed by atoms with Gasteiger partial charge in [0, 0.05) is 48.7 Å². The molecule has 188 valence electrons. The number of benzene rings is 3. The normalized spacial score (nSPS) is 13.4. The smallest absolute Gasteiger partial charge is 0.277 e. The first-order chi connectivity index (χ1) is 18.0. The van der Waals surface area contributed by atoms with Gasteiger partial charge in [-0.3, -0.25) is 9.59 Å². The van der Waals surface area contributed by atoms with Gasteiger partial charge in [0.15, 0.2) is 0 Å². The van der Waals surface area contributed by atoms with Crippen LogP contribution in [0.2, 0.25) is 0 Å². The highest BCUT2D eigenvalue weighted by Gasteiger charge is 2.22. The van der Waals surface area contributed by atoms with Gasteiger partial charge >= 0.3 is 0 Å². The summed E-state index contributed by atoms with van der Waals surface area (Å²) < 4.78 is 18.7. The van der Waals surface area contributed by atoms with E-state index in [0.717, 1.165) is 11.3 Å². The molecule has 2 amide bonds. The van der Waals surface area contributed by atoms with Crippen LogP contribution < -0.4 is 10.2 Å². The van der Waals surface area contributed by atoms with Gasteiger partial charge in [-0.1, -0.05) is 30.0 Å². The number of anilines is 2. The number of aromatic nitrogens is 2. The Morgan fingerprint density at radius 3 is 2.30 bits per heavy atom. The molecular formula is C27H24FN5O3S. The number of nitrogens with zero attached hydrogens (tertiary/aromatic N) is 4. The molecule has 0 bridgehead atoms. The zero-order chi connectivity index (χ0) is 25.6. The van der Waals surface area contributed by atoms with E-state index in [4.69, 9.17) is 4.42 Å². The van der Waals surface area contributed by atoms with Crippen molar-refractivity contribution in [1.82, 2.24) is 15.1 Å². The van der Waals surface area contributed by atoms with Crippen LogP contribution in [0.4, 0.5) is 15.8 Å². The fourth-order valence-corrected chi connectivity index (χ4v) is 4.55. The highest BCUT2D eigenvalue weighted by molar-refractivity contribution is 7.99. The van der Waals surface area contributed by atoms with E-state index in [9.17, 15) is 14.0 Å². The Morgan fingerprint density at radius 2 is 1.59 bits per heavy atom. The summed E-state index contributed by atoms with van der Waals surface area (Å²) in [6.07, 6.45) is 0. The van der Waals surface area contributed by atoms with Crippen molar-refractivity contribution in [3.8, 4) is 11.5 Å². The van der Waals surface area contributed by atoms with Crippen molar-refractivity contribution in [3.05, 3.63) is 90.2 Å². The minimum absolute atomic E-state index is 0.0904. The molecule has 8 nitrogen and oxygen atoms in total. The quantitative estimate of drug-likeness (QED) is 0.359. The molecule has 0 unspecified atom stereocenters. The zero-order valence-electron chi connectivity index (χ0n) is 19.8. The summed E-state index contributed by atoms with van der Waals surface area (Å²) in [6.45, 7) is 2.52. The van der Waals surface area contributed by atoms with Gasteiger partial charge in [-0.05, 0) is 60.7 Å². The number of carbonyl (C=O) groups excluding carboxylic acids is 2. The number of carbonyl (C=O) groups is 2. The summed E-state index contributed by atoms with van der Waals surface area (Å²) >= 11 is 1.18. The molecule has 0 aliphatic carbocycles. The highest BCUT2D eigenvalue weighted by Crippen LogP contribution is 2.24. The summed E-state index contributed by atoms with van der Waals surface area (Å²) in [6, 6.07) is 22.7. The zero-order valence-corrected chi connectivity index (χ0v) is 20.7. The summed E-state index contributed by atoms with van der Waals surface area (Å²) in [7, 11) is 0. The fourth-order valence-electron chi connectivity index (χ4n) is 3.99. The van der Waals surface area contributed by atoms with Crippen LogP contribution in [0.1, 0.15) is 10.4 Å². The Kier molecular flexibility index (Phi) is 7.46. The Labute approximate surface area is 217 Å². The third kappa shape index (κ3) is 6.15. The molecule has 5 rings (SSSR count). The predicted octanol–water partition coefficient (Wildman–Crippen LogP) is 4.57. The largest absolute Gasteiger partial charge is 0.411 e. The van der Waals surface area contributed by atoms with Crippen LogP contribution in [0.5, 0.6) is 0 Å². The van der Waals surface area contributed by atoms with Crippen LogP contribution in [0.3, 0.4) is 0 Å². The first kappa shape index (κ1) is 24.5. The number of hydrogen-bond acceptors (Lipinski definition) is 7. The number of nitrogens with one attached hydrogen (secondary N) is 1. The first-order valence-corrected chi connectivity index (χ1v) is 12.8. The van der Waals surface area contributed by atoms with Gasteiger partial charge < -0.3 is 19.5 Å². The molecule has 0 spiro atoms. The molecule has 1 aliphatic heterocycles. The van der Waals surface area contributed by atoms with E-state index >= 15 is 0 Å². The van der Waals surface area contributed by atoms with Gasteiger partial charge in [-0.25, -0.2) is 4.39 Å². The van der Waals surface area contributed by atoms with Gasteiger partial charge in [-0.15, -0.1) is 10.2 Å². The van der Waals surface area contributed by atoms with Gasteiger partial charge in [0.1, 0.15) is 5.82 Å². The molecule has 0 saturated carbocycles. The van der Waals surface area contributed by atoms with Gasteiger partial charge in [0.25, 0.3) is 11.1 Å². The highest BCUT2D eigenvalue weighted by atomic mass is 32.2. The minimum Gasteiger partial charge on any atom is -0.411 e. The standard InChI is InChI=1S/C27H24FN5O3S/c28-21-8-6-20(7-9-21)26(35)33-16-14-32(15-17-33)23-12-10-22(11-13-23)29-24(34)18-37-27-31-30-25(36-27)19-4-2-1-3-5-19/h1-13H,14-18H2,(H,29,34). The van der Waals surface area contributed by atoms with Crippen LogP contribution in [0.15, 0.2) is 88.5 Å². The molecule has 37 heavy (non-hydrogen) atoms. The molecule has 0 atom stereocenters. The molecule has 1 aromatic heterocycles.